The fraction of sp³-hybridized carbons (Fsp3) is 0.269. The van der Waals surface area contributed by atoms with Crippen LogP contribution < -0.4 is 16.0 Å². The van der Waals surface area contributed by atoms with Gasteiger partial charge in [-0.3, -0.25) is 4.90 Å². The average molecular weight is 468 g/mol. The molecule has 35 heavy (non-hydrogen) atoms. The van der Waals surface area contributed by atoms with Crippen LogP contribution in [0, 0.1) is 13.8 Å². The Hall–Kier alpha value is -3.95. The van der Waals surface area contributed by atoms with Crippen molar-refractivity contribution in [3.63, 3.8) is 0 Å². The van der Waals surface area contributed by atoms with E-state index in [1.54, 1.807) is 18.5 Å². The quantitative estimate of drug-likeness (QED) is 0.374. The van der Waals surface area contributed by atoms with Crippen molar-refractivity contribution in [1.29, 1.82) is 0 Å². The fourth-order valence-electron chi connectivity index (χ4n) is 4.00. The van der Waals surface area contributed by atoms with Crippen LogP contribution in [-0.2, 0) is 6.54 Å². The van der Waals surface area contributed by atoms with Crippen molar-refractivity contribution in [1.82, 2.24) is 35.1 Å². The van der Waals surface area contributed by atoms with Crippen molar-refractivity contribution in [2.24, 2.45) is 0 Å². The Bertz CT molecular complexity index is 1300. The number of benzene rings is 1. The number of aryl methyl sites for hydroxylation is 2. The summed E-state index contributed by atoms with van der Waals surface area (Å²) in [4.78, 5) is 25.0. The van der Waals surface area contributed by atoms with Gasteiger partial charge in [-0.15, -0.1) is 0 Å². The first-order chi connectivity index (χ1) is 17.1. The second-order valence-electron chi connectivity index (χ2n) is 8.61. The summed E-state index contributed by atoms with van der Waals surface area (Å²) in [5.74, 6) is 2.35. The van der Waals surface area contributed by atoms with Crippen LogP contribution in [0.3, 0.4) is 0 Å². The Morgan fingerprint density at radius 2 is 1.66 bits per heavy atom. The number of anilines is 4. The van der Waals surface area contributed by atoms with Gasteiger partial charge in [0.05, 0.1) is 0 Å². The van der Waals surface area contributed by atoms with Crippen LogP contribution in [-0.4, -0.2) is 56.0 Å². The summed E-state index contributed by atoms with van der Waals surface area (Å²) in [5.41, 5.74) is 5.21. The Morgan fingerprint density at radius 3 is 2.49 bits per heavy atom. The molecule has 1 aliphatic heterocycles. The molecule has 0 radical (unpaired) electrons. The summed E-state index contributed by atoms with van der Waals surface area (Å²) < 4.78 is 0. The monoisotopic (exact) mass is 467 g/mol. The van der Waals surface area contributed by atoms with Gasteiger partial charge in [0.1, 0.15) is 17.3 Å². The van der Waals surface area contributed by atoms with Crippen molar-refractivity contribution in [3.05, 3.63) is 77.7 Å². The van der Waals surface area contributed by atoms with Gasteiger partial charge in [0.15, 0.2) is 5.82 Å². The first-order valence-electron chi connectivity index (χ1n) is 11.8. The zero-order valence-corrected chi connectivity index (χ0v) is 20.0. The van der Waals surface area contributed by atoms with Gasteiger partial charge >= 0.3 is 0 Å². The number of aromatic nitrogens is 5. The fourth-order valence-corrected chi connectivity index (χ4v) is 4.00. The SMILES string of the molecule is Cc1cccc(-c2nccc(Nc3ccnc(Nc4ccc(C)c(CN5CCNCC5)c4)n3)n2)n1. The van der Waals surface area contributed by atoms with Crippen LogP contribution in [0.1, 0.15) is 16.8 Å². The van der Waals surface area contributed by atoms with E-state index in [9.17, 15) is 0 Å². The minimum atomic E-state index is 0.515. The number of nitrogens with one attached hydrogen (secondary N) is 3. The normalized spacial score (nSPS) is 14.0. The Morgan fingerprint density at radius 1 is 0.857 bits per heavy atom. The lowest BCUT2D eigenvalue weighted by molar-refractivity contribution is 0.233. The van der Waals surface area contributed by atoms with Gasteiger partial charge in [0.2, 0.25) is 5.95 Å². The van der Waals surface area contributed by atoms with E-state index in [2.05, 4.69) is 70.9 Å². The van der Waals surface area contributed by atoms with Crippen molar-refractivity contribution in [3.8, 4) is 11.5 Å². The third-order valence-electron chi connectivity index (χ3n) is 5.89. The Kier molecular flexibility index (Phi) is 6.87. The number of hydrogen-bond donors (Lipinski definition) is 3. The van der Waals surface area contributed by atoms with Crippen molar-refractivity contribution >= 4 is 23.3 Å². The Balaban J connectivity index is 1.29. The molecule has 0 spiro atoms. The molecule has 4 heterocycles. The zero-order chi connectivity index (χ0) is 24.0. The molecule has 1 aromatic carbocycles. The molecule has 4 aromatic rings. The Labute approximate surface area is 205 Å². The van der Waals surface area contributed by atoms with E-state index in [1.165, 1.54) is 11.1 Å². The van der Waals surface area contributed by atoms with Crippen molar-refractivity contribution in [2.75, 3.05) is 36.8 Å². The lowest BCUT2D eigenvalue weighted by Gasteiger charge is -2.28. The molecule has 0 saturated carbocycles. The lowest BCUT2D eigenvalue weighted by Crippen LogP contribution is -2.43. The molecule has 0 aliphatic carbocycles. The van der Waals surface area contributed by atoms with Crippen molar-refractivity contribution in [2.45, 2.75) is 20.4 Å². The highest BCUT2D eigenvalue weighted by atomic mass is 15.2. The highest BCUT2D eigenvalue weighted by Gasteiger charge is 2.12. The first kappa shape index (κ1) is 22.8. The van der Waals surface area contributed by atoms with Crippen LogP contribution in [0.4, 0.5) is 23.3 Å². The predicted octanol–water partition coefficient (Wildman–Crippen LogP) is 3.84. The van der Waals surface area contributed by atoms with Gasteiger partial charge in [-0.2, -0.15) is 4.98 Å². The second-order valence-corrected chi connectivity index (χ2v) is 8.61. The lowest BCUT2D eigenvalue weighted by atomic mass is 10.1. The van der Waals surface area contributed by atoms with Crippen molar-refractivity contribution < 1.29 is 0 Å². The minimum Gasteiger partial charge on any atom is -0.325 e. The van der Waals surface area contributed by atoms with E-state index in [0.29, 0.717) is 23.4 Å². The molecule has 0 unspecified atom stereocenters. The maximum absolute atomic E-state index is 4.62. The minimum absolute atomic E-state index is 0.515. The molecular formula is C26H29N9. The van der Waals surface area contributed by atoms with E-state index in [1.807, 2.05) is 31.2 Å². The predicted molar refractivity (Wildman–Crippen MR) is 138 cm³/mol. The second kappa shape index (κ2) is 10.5. The number of rotatable bonds is 7. The molecule has 0 amide bonds. The van der Waals surface area contributed by atoms with E-state index in [4.69, 9.17) is 0 Å². The molecule has 1 fully saturated rings. The highest BCUT2D eigenvalue weighted by molar-refractivity contribution is 5.60. The molecule has 178 valence electrons. The third-order valence-corrected chi connectivity index (χ3v) is 5.89. The molecule has 1 saturated heterocycles. The molecule has 9 nitrogen and oxygen atoms in total. The van der Waals surface area contributed by atoms with E-state index in [-0.39, 0.29) is 0 Å². The number of piperazine rings is 1. The number of hydrogen-bond acceptors (Lipinski definition) is 9. The summed E-state index contributed by atoms with van der Waals surface area (Å²) in [6, 6.07) is 15.8. The molecule has 9 heteroatoms. The maximum Gasteiger partial charge on any atom is 0.229 e. The topological polar surface area (TPSA) is 104 Å². The number of nitrogens with zero attached hydrogens (tertiary/aromatic N) is 6. The molecule has 5 rings (SSSR count). The van der Waals surface area contributed by atoms with Gasteiger partial charge in [-0.25, -0.2) is 19.9 Å². The highest BCUT2D eigenvalue weighted by Crippen LogP contribution is 2.22. The number of pyridine rings is 1. The summed E-state index contributed by atoms with van der Waals surface area (Å²) >= 11 is 0. The molecule has 0 bridgehead atoms. The molecule has 3 aromatic heterocycles. The first-order valence-corrected chi connectivity index (χ1v) is 11.8. The van der Waals surface area contributed by atoms with E-state index in [0.717, 1.165) is 49.8 Å². The largest absolute Gasteiger partial charge is 0.325 e. The zero-order valence-electron chi connectivity index (χ0n) is 20.0. The standard InChI is InChI=1S/C26H29N9/c1-18-6-7-21(16-20(18)17-35-14-12-27-13-15-35)31-26-29-11-9-24(34-26)32-23-8-10-28-25(33-23)22-5-3-4-19(2)30-22/h3-11,16,27H,12-15,17H2,1-2H3,(H2,28,29,31,32,33,34). The molecule has 1 aliphatic rings. The van der Waals surface area contributed by atoms with Gasteiger partial charge in [0, 0.05) is 56.5 Å². The smallest absolute Gasteiger partial charge is 0.229 e. The summed E-state index contributed by atoms with van der Waals surface area (Å²) in [6.45, 7) is 9.27. The van der Waals surface area contributed by atoms with Gasteiger partial charge in [-0.05, 0) is 61.4 Å². The van der Waals surface area contributed by atoms with E-state index < -0.39 is 0 Å². The summed E-state index contributed by atoms with van der Waals surface area (Å²) in [7, 11) is 0. The van der Waals surface area contributed by atoms with Gasteiger partial charge < -0.3 is 16.0 Å². The van der Waals surface area contributed by atoms with Gasteiger partial charge in [0.25, 0.3) is 0 Å². The van der Waals surface area contributed by atoms with Crippen LogP contribution in [0.2, 0.25) is 0 Å². The molecule has 0 atom stereocenters. The molecule has 3 N–H and O–H groups in total. The van der Waals surface area contributed by atoms with Gasteiger partial charge in [-0.1, -0.05) is 12.1 Å². The maximum atomic E-state index is 4.62. The third kappa shape index (κ3) is 5.95. The average Bonchev–Trinajstić information content (AvgIpc) is 2.87. The summed E-state index contributed by atoms with van der Waals surface area (Å²) in [6.07, 6.45) is 3.43. The van der Waals surface area contributed by atoms with Crippen LogP contribution in [0.15, 0.2) is 60.9 Å². The van der Waals surface area contributed by atoms with Crippen LogP contribution in [0.25, 0.3) is 11.5 Å². The van der Waals surface area contributed by atoms with Crippen LogP contribution in [0.5, 0.6) is 0 Å². The molecular weight excluding hydrogens is 438 g/mol. The van der Waals surface area contributed by atoms with E-state index >= 15 is 0 Å². The summed E-state index contributed by atoms with van der Waals surface area (Å²) in [5, 5.41) is 10.00. The van der Waals surface area contributed by atoms with Crippen LogP contribution >= 0.6 is 0 Å².